The first-order valence-electron chi connectivity index (χ1n) is 12.3. The minimum Gasteiger partial charge on any atom is -0.354 e. The summed E-state index contributed by atoms with van der Waals surface area (Å²) in [5, 5.41) is 11.9. The minimum atomic E-state index is 0.101. The molecule has 0 spiro atoms. The lowest BCUT2D eigenvalue weighted by atomic mass is 10.0. The molecule has 1 atom stereocenters. The third-order valence-electron chi connectivity index (χ3n) is 7.33. The zero-order valence-electron chi connectivity index (χ0n) is 21.0. The molecule has 1 amide bonds. The lowest BCUT2D eigenvalue weighted by Crippen LogP contribution is -2.37. The highest BCUT2D eigenvalue weighted by molar-refractivity contribution is 6.03. The molecule has 0 N–H and O–H groups in total. The molecule has 1 unspecified atom stereocenters. The molecule has 6 rings (SSSR count). The summed E-state index contributed by atoms with van der Waals surface area (Å²) in [6, 6.07) is 16.9. The van der Waals surface area contributed by atoms with Crippen LogP contribution in [0.3, 0.4) is 0 Å². The van der Waals surface area contributed by atoms with Crippen molar-refractivity contribution in [2.45, 2.75) is 26.3 Å². The third kappa shape index (κ3) is 3.61. The van der Waals surface area contributed by atoms with E-state index in [-0.39, 0.29) is 11.9 Å². The van der Waals surface area contributed by atoms with Crippen molar-refractivity contribution in [3.8, 4) is 16.9 Å². The number of carbonyl (C=O) groups is 1. The maximum Gasteiger partial charge on any atom is 0.219 e. The van der Waals surface area contributed by atoms with Gasteiger partial charge in [0.2, 0.25) is 5.91 Å². The fraction of sp³-hybridized carbons (Fsp3) is 0.286. The first-order valence-corrected chi connectivity index (χ1v) is 12.3. The molecular formula is C28H29N7O. The van der Waals surface area contributed by atoms with E-state index in [0.29, 0.717) is 0 Å². The van der Waals surface area contributed by atoms with Crippen molar-refractivity contribution in [1.82, 2.24) is 29.4 Å². The van der Waals surface area contributed by atoms with Gasteiger partial charge in [-0.05, 0) is 37.1 Å². The molecule has 1 saturated heterocycles. The molecule has 1 aliphatic heterocycles. The summed E-state index contributed by atoms with van der Waals surface area (Å²) in [5.74, 6) is 1.02. The van der Waals surface area contributed by atoms with Crippen LogP contribution in [0.15, 0.2) is 60.9 Å². The van der Waals surface area contributed by atoms with Crippen LogP contribution in [0.25, 0.3) is 38.8 Å². The molecule has 1 aliphatic rings. The summed E-state index contributed by atoms with van der Waals surface area (Å²) in [6.07, 6.45) is 4.89. The SMILES string of the molecule is CC(=O)N(C)C1CCN(c2ccc(-n3nc(-c4cccc5nn(C)cc45)c4cccc(C)c43)cn2)C1. The second-order valence-corrected chi connectivity index (χ2v) is 9.67. The number of hydrogen-bond acceptors (Lipinski definition) is 5. The Morgan fingerprint density at radius 3 is 2.67 bits per heavy atom. The van der Waals surface area contributed by atoms with E-state index in [1.165, 1.54) is 0 Å². The number of benzene rings is 2. The number of pyridine rings is 1. The third-order valence-corrected chi connectivity index (χ3v) is 7.33. The smallest absolute Gasteiger partial charge is 0.219 e. The largest absolute Gasteiger partial charge is 0.354 e. The van der Waals surface area contributed by atoms with Crippen LogP contribution in [0.4, 0.5) is 5.82 Å². The normalized spacial score (nSPS) is 15.8. The topological polar surface area (TPSA) is 72.1 Å². The first kappa shape index (κ1) is 22.3. The molecule has 0 saturated carbocycles. The van der Waals surface area contributed by atoms with Gasteiger partial charge in [0.25, 0.3) is 0 Å². The molecule has 3 aromatic heterocycles. The Morgan fingerprint density at radius 1 is 1.06 bits per heavy atom. The molecule has 8 nitrogen and oxygen atoms in total. The molecule has 1 fully saturated rings. The zero-order chi connectivity index (χ0) is 25.0. The van der Waals surface area contributed by atoms with Crippen molar-refractivity contribution in [1.29, 1.82) is 0 Å². The fourth-order valence-corrected chi connectivity index (χ4v) is 5.30. The Labute approximate surface area is 209 Å². The first-order chi connectivity index (χ1) is 17.4. The lowest BCUT2D eigenvalue weighted by Gasteiger charge is -2.24. The molecule has 0 bridgehead atoms. The van der Waals surface area contributed by atoms with Crippen LogP contribution >= 0.6 is 0 Å². The average Bonchev–Trinajstić information content (AvgIpc) is 3.60. The van der Waals surface area contributed by atoms with Crippen molar-refractivity contribution in [2.24, 2.45) is 7.05 Å². The van der Waals surface area contributed by atoms with Crippen LogP contribution in [0.5, 0.6) is 0 Å². The summed E-state index contributed by atoms with van der Waals surface area (Å²) in [6.45, 7) is 5.42. The molecule has 0 aliphatic carbocycles. The molecule has 8 heteroatoms. The van der Waals surface area contributed by atoms with Crippen molar-refractivity contribution in [2.75, 3.05) is 25.0 Å². The van der Waals surface area contributed by atoms with Crippen LogP contribution in [-0.4, -0.2) is 61.5 Å². The van der Waals surface area contributed by atoms with Crippen molar-refractivity contribution >= 4 is 33.5 Å². The molecule has 0 radical (unpaired) electrons. The van der Waals surface area contributed by atoms with Gasteiger partial charge in [-0.1, -0.05) is 30.3 Å². The van der Waals surface area contributed by atoms with E-state index in [1.54, 1.807) is 6.92 Å². The second kappa shape index (κ2) is 8.48. The van der Waals surface area contributed by atoms with Gasteiger partial charge in [-0.15, -0.1) is 0 Å². The monoisotopic (exact) mass is 479 g/mol. The highest BCUT2D eigenvalue weighted by Gasteiger charge is 2.28. The number of aromatic nitrogens is 5. The molecule has 36 heavy (non-hydrogen) atoms. The van der Waals surface area contributed by atoms with Crippen LogP contribution in [-0.2, 0) is 11.8 Å². The fourth-order valence-electron chi connectivity index (χ4n) is 5.30. The maximum absolute atomic E-state index is 11.8. The number of hydrogen-bond donors (Lipinski definition) is 0. The predicted octanol–water partition coefficient (Wildman–Crippen LogP) is 4.34. The van der Waals surface area contributed by atoms with E-state index in [2.05, 4.69) is 59.5 Å². The van der Waals surface area contributed by atoms with Gasteiger partial charge in [-0.25, -0.2) is 9.67 Å². The Kier molecular flexibility index (Phi) is 5.25. The van der Waals surface area contributed by atoms with Gasteiger partial charge in [0.05, 0.1) is 29.0 Å². The number of anilines is 1. The summed E-state index contributed by atoms with van der Waals surface area (Å²) in [5.41, 5.74) is 6.11. The van der Waals surface area contributed by atoms with Crippen molar-refractivity contribution in [3.63, 3.8) is 0 Å². The number of nitrogens with zero attached hydrogens (tertiary/aromatic N) is 7. The number of amides is 1. The van der Waals surface area contributed by atoms with Gasteiger partial charge in [-0.3, -0.25) is 9.48 Å². The lowest BCUT2D eigenvalue weighted by molar-refractivity contribution is -0.129. The molecule has 5 aromatic rings. The van der Waals surface area contributed by atoms with Crippen LogP contribution < -0.4 is 4.90 Å². The average molecular weight is 480 g/mol. The van der Waals surface area contributed by atoms with Gasteiger partial charge < -0.3 is 9.80 Å². The van der Waals surface area contributed by atoms with Crippen LogP contribution in [0, 0.1) is 6.92 Å². The summed E-state index contributed by atoms with van der Waals surface area (Å²) in [4.78, 5) is 20.6. The summed E-state index contributed by atoms with van der Waals surface area (Å²) >= 11 is 0. The van der Waals surface area contributed by atoms with Crippen LogP contribution in [0.1, 0.15) is 18.9 Å². The van der Waals surface area contributed by atoms with Gasteiger partial charge in [-0.2, -0.15) is 10.2 Å². The highest BCUT2D eigenvalue weighted by Crippen LogP contribution is 2.35. The van der Waals surface area contributed by atoms with E-state index < -0.39 is 0 Å². The van der Waals surface area contributed by atoms with Crippen molar-refractivity contribution in [3.05, 3.63) is 66.5 Å². The summed E-state index contributed by atoms with van der Waals surface area (Å²) in [7, 11) is 3.82. The van der Waals surface area contributed by atoms with Gasteiger partial charge in [0.15, 0.2) is 0 Å². The number of fused-ring (bicyclic) bond motifs is 2. The van der Waals surface area contributed by atoms with E-state index >= 15 is 0 Å². The number of para-hydroxylation sites is 1. The maximum atomic E-state index is 11.8. The van der Waals surface area contributed by atoms with Crippen LogP contribution in [0.2, 0.25) is 0 Å². The minimum absolute atomic E-state index is 0.101. The number of aryl methyl sites for hydroxylation is 2. The molecule has 4 heterocycles. The predicted molar refractivity (Wildman–Crippen MR) is 142 cm³/mol. The quantitative estimate of drug-likeness (QED) is 0.384. The van der Waals surface area contributed by atoms with E-state index in [0.717, 1.165) is 69.6 Å². The molecular weight excluding hydrogens is 450 g/mol. The number of carbonyl (C=O) groups excluding carboxylic acids is 1. The standard InChI is InChI=1S/C28H29N7O/c1-18-7-5-9-23-27(22-8-6-10-25-24(22)17-32(3)30-25)31-35(28(18)23)20-11-12-26(29-15-20)34-14-13-21(16-34)33(4)19(2)36/h5-12,15,17,21H,13-14,16H2,1-4H3. The Balaban J connectivity index is 1.40. The molecule has 2 aromatic carbocycles. The number of rotatable bonds is 4. The van der Waals surface area contributed by atoms with Gasteiger partial charge in [0.1, 0.15) is 11.5 Å². The van der Waals surface area contributed by atoms with E-state index in [1.807, 2.05) is 46.7 Å². The zero-order valence-corrected chi connectivity index (χ0v) is 21.0. The van der Waals surface area contributed by atoms with E-state index in [9.17, 15) is 4.79 Å². The Morgan fingerprint density at radius 2 is 1.89 bits per heavy atom. The number of likely N-dealkylation sites (N-methyl/N-ethyl adjacent to an activating group) is 1. The van der Waals surface area contributed by atoms with Gasteiger partial charge >= 0.3 is 0 Å². The highest BCUT2D eigenvalue weighted by atomic mass is 16.2. The molecule has 182 valence electrons. The second-order valence-electron chi connectivity index (χ2n) is 9.67. The Bertz CT molecular complexity index is 1600. The summed E-state index contributed by atoms with van der Waals surface area (Å²) < 4.78 is 3.85. The Hall–Kier alpha value is -4.20. The van der Waals surface area contributed by atoms with Gasteiger partial charge in [0, 0.05) is 56.6 Å². The van der Waals surface area contributed by atoms with Crippen molar-refractivity contribution < 1.29 is 4.79 Å². The van der Waals surface area contributed by atoms with E-state index in [4.69, 9.17) is 10.1 Å².